The first-order valence-electron chi connectivity index (χ1n) is 27.1. The summed E-state index contributed by atoms with van der Waals surface area (Å²) in [6, 6.07) is 0. The van der Waals surface area contributed by atoms with Crippen LogP contribution in [-0.2, 0) is 28.6 Å². The van der Waals surface area contributed by atoms with Crippen molar-refractivity contribution in [3.05, 3.63) is 85.1 Å². The number of carbonyl (C=O) groups excluding carboxylic acids is 3. The normalized spacial score (nSPS) is 12.7. The van der Waals surface area contributed by atoms with Crippen LogP contribution in [0.4, 0.5) is 0 Å². The van der Waals surface area contributed by atoms with Crippen LogP contribution in [-0.4, -0.2) is 37.2 Å². The summed E-state index contributed by atoms with van der Waals surface area (Å²) in [7, 11) is 0. The Kier molecular flexibility index (Phi) is 50.4. The van der Waals surface area contributed by atoms with E-state index in [4.69, 9.17) is 14.2 Å². The van der Waals surface area contributed by atoms with Gasteiger partial charge in [0, 0.05) is 19.3 Å². The summed E-state index contributed by atoms with van der Waals surface area (Å²) in [5.41, 5.74) is 0. The van der Waals surface area contributed by atoms with E-state index in [0.29, 0.717) is 19.3 Å². The molecular formula is C59H100O6. The van der Waals surface area contributed by atoms with E-state index in [1.165, 1.54) is 89.9 Å². The largest absolute Gasteiger partial charge is 0.462 e. The number of rotatable bonds is 48. The summed E-state index contributed by atoms with van der Waals surface area (Å²) < 4.78 is 16.8. The molecule has 0 aromatic carbocycles. The van der Waals surface area contributed by atoms with Crippen molar-refractivity contribution < 1.29 is 28.6 Å². The number of unbranched alkanes of at least 4 members (excludes halogenated alkanes) is 23. The van der Waals surface area contributed by atoms with E-state index in [9.17, 15) is 14.4 Å². The predicted octanol–water partition coefficient (Wildman–Crippen LogP) is 18.0. The van der Waals surface area contributed by atoms with Crippen LogP contribution in [0.5, 0.6) is 0 Å². The zero-order valence-corrected chi connectivity index (χ0v) is 42.5. The third kappa shape index (κ3) is 51.4. The SMILES string of the molecule is CC/C=C\C/C=C\C/C=C\C/C=C\CCCCCCC(=O)O[C@H](COC(=O)CCCCCCC/C=C\C/C=C\CCCCC)COC(=O)CCCCCCCCC/C=C\CCCCCC. The average Bonchev–Trinajstić information content (AvgIpc) is 3.30. The van der Waals surface area contributed by atoms with Crippen molar-refractivity contribution in [3.8, 4) is 0 Å². The van der Waals surface area contributed by atoms with Crippen molar-refractivity contribution in [2.24, 2.45) is 0 Å². The Morgan fingerprint density at radius 1 is 0.323 bits per heavy atom. The quantitative estimate of drug-likeness (QED) is 0.0262. The highest BCUT2D eigenvalue weighted by Gasteiger charge is 2.19. The molecule has 0 aromatic rings. The Morgan fingerprint density at radius 3 is 0.985 bits per heavy atom. The molecule has 65 heavy (non-hydrogen) atoms. The zero-order chi connectivity index (χ0) is 47.2. The van der Waals surface area contributed by atoms with Crippen LogP contribution in [0.2, 0.25) is 0 Å². The molecule has 0 unspecified atom stereocenters. The molecule has 1 atom stereocenters. The molecule has 0 bridgehead atoms. The molecule has 0 fully saturated rings. The van der Waals surface area contributed by atoms with E-state index >= 15 is 0 Å². The maximum absolute atomic E-state index is 12.8. The summed E-state index contributed by atoms with van der Waals surface area (Å²) in [5, 5.41) is 0. The molecule has 0 aliphatic carbocycles. The fourth-order valence-corrected chi connectivity index (χ4v) is 7.28. The maximum atomic E-state index is 12.8. The van der Waals surface area contributed by atoms with Gasteiger partial charge in [-0.15, -0.1) is 0 Å². The maximum Gasteiger partial charge on any atom is 0.306 e. The molecule has 0 N–H and O–H groups in total. The summed E-state index contributed by atoms with van der Waals surface area (Å²) >= 11 is 0. The molecule has 0 saturated carbocycles. The van der Waals surface area contributed by atoms with Crippen molar-refractivity contribution >= 4 is 17.9 Å². The van der Waals surface area contributed by atoms with Gasteiger partial charge in [-0.3, -0.25) is 14.4 Å². The standard InChI is InChI=1S/C59H100O6/c1-4-7-10-13-16-19-22-25-28-29-32-35-38-41-44-47-50-53-59(62)65-56(54-63-57(60)51-48-45-42-39-36-33-30-26-23-20-17-14-11-8-5-2)55-64-58(61)52-49-46-43-40-37-34-31-27-24-21-18-15-12-9-6-3/h7,10,16-17,19-21,24-26,28,30,32,35,56H,4-6,8-9,11-15,18,22-23,27,29,31,33-34,36-55H2,1-3H3/b10-7-,19-16-,20-17-,24-21-,28-25-,30-26-,35-32-/t56-/m1/s1. The van der Waals surface area contributed by atoms with Crippen LogP contribution < -0.4 is 0 Å². The first kappa shape index (κ1) is 61.6. The lowest BCUT2D eigenvalue weighted by atomic mass is 10.1. The molecule has 0 aromatic heterocycles. The molecule has 0 aliphatic rings. The molecule has 6 nitrogen and oxygen atoms in total. The predicted molar refractivity (Wildman–Crippen MR) is 279 cm³/mol. The summed E-state index contributed by atoms with van der Waals surface area (Å²) in [6.07, 6.45) is 68.4. The van der Waals surface area contributed by atoms with Crippen molar-refractivity contribution in [2.45, 2.75) is 258 Å². The Bertz CT molecular complexity index is 1270. The summed E-state index contributed by atoms with van der Waals surface area (Å²) in [5.74, 6) is -0.934. The number of allylic oxidation sites excluding steroid dienone is 14. The molecule has 0 amide bonds. The van der Waals surface area contributed by atoms with Gasteiger partial charge in [0.2, 0.25) is 0 Å². The molecule has 0 heterocycles. The van der Waals surface area contributed by atoms with Gasteiger partial charge in [0.25, 0.3) is 0 Å². The molecule has 0 saturated heterocycles. The lowest BCUT2D eigenvalue weighted by molar-refractivity contribution is -0.167. The fourth-order valence-electron chi connectivity index (χ4n) is 7.28. The fraction of sp³-hybridized carbons (Fsp3) is 0.712. The van der Waals surface area contributed by atoms with E-state index in [1.807, 2.05) is 0 Å². The van der Waals surface area contributed by atoms with Crippen LogP contribution >= 0.6 is 0 Å². The first-order chi connectivity index (χ1) is 32.0. The van der Waals surface area contributed by atoms with Crippen LogP contribution in [0.3, 0.4) is 0 Å². The van der Waals surface area contributed by atoms with E-state index in [-0.39, 0.29) is 31.1 Å². The highest BCUT2D eigenvalue weighted by atomic mass is 16.6. The van der Waals surface area contributed by atoms with Gasteiger partial charge < -0.3 is 14.2 Å². The van der Waals surface area contributed by atoms with Crippen LogP contribution in [0.25, 0.3) is 0 Å². The number of carbonyl (C=O) groups is 3. The smallest absolute Gasteiger partial charge is 0.306 e. The molecule has 0 aliphatic heterocycles. The number of hydrogen-bond donors (Lipinski definition) is 0. The van der Waals surface area contributed by atoms with E-state index in [0.717, 1.165) is 122 Å². The van der Waals surface area contributed by atoms with Gasteiger partial charge in [-0.25, -0.2) is 0 Å². The van der Waals surface area contributed by atoms with Crippen molar-refractivity contribution in [1.82, 2.24) is 0 Å². The Hall–Kier alpha value is -3.41. The van der Waals surface area contributed by atoms with Gasteiger partial charge in [-0.05, 0) is 116 Å². The third-order valence-corrected chi connectivity index (χ3v) is 11.4. The zero-order valence-electron chi connectivity index (χ0n) is 42.5. The minimum absolute atomic E-state index is 0.0937. The second kappa shape index (κ2) is 53.2. The van der Waals surface area contributed by atoms with Gasteiger partial charge in [-0.1, -0.05) is 202 Å². The van der Waals surface area contributed by atoms with Gasteiger partial charge in [0.15, 0.2) is 6.10 Å². The van der Waals surface area contributed by atoms with Crippen molar-refractivity contribution in [2.75, 3.05) is 13.2 Å². The van der Waals surface area contributed by atoms with Crippen LogP contribution in [0.15, 0.2) is 85.1 Å². The second-order valence-electron chi connectivity index (χ2n) is 17.7. The molecule has 372 valence electrons. The number of hydrogen-bond acceptors (Lipinski definition) is 6. The Morgan fingerprint density at radius 2 is 0.600 bits per heavy atom. The highest BCUT2D eigenvalue weighted by molar-refractivity contribution is 5.71. The summed E-state index contributed by atoms with van der Waals surface area (Å²) in [4.78, 5) is 38.1. The number of esters is 3. The van der Waals surface area contributed by atoms with Crippen LogP contribution in [0.1, 0.15) is 252 Å². The van der Waals surface area contributed by atoms with Gasteiger partial charge in [0.05, 0.1) is 0 Å². The first-order valence-corrected chi connectivity index (χ1v) is 27.1. The highest BCUT2D eigenvalue weighted by Crippen LogP contribution is 2.14. The Labute approximate surface area is 401 Å². The molecule has 0 rings (SSSR count). The molecular weight excluding hydrogens is 805 g/mol. The topological polar surface area (TPSA) is 78.9 Å². The second-order valence-corrected chi connectivity index (χ2v) is 17.7. The Balaban J connectivity index is 4.47. The van der Waals surface area contributed by atoms with Gasteiger partial charge in [0.1, 0.15) is 13.2 Å². The third-order valence-electron chi connectivity index (χ3n) is 11.4. The average molecular weight is 905 g/mol. The lowest BCUT2D eigenvalue weighted by Gasteiger charge is -2.18. The van der Waals surface area contributed by atoms with Crippen molar-refractivity contribution in [1.29, 1.82) is 0 Å². The van der Waals surface area contributed by atoms with Gasteiger partial charge >= 0.3 is 17.9 Å². The minimum Gasteiger partial charge on any atom is -0.462 e. The molecule has 0 radical (unpaired) electrons. The molecule has 6 heteroatoms. The minimum atomic E-state index is -0.797. The van der Waals surface area contributed by atoms with Crippen LogP contribution in [0, 0.1) is 0 Å². The van der Waals surface area contributed by atoms with E-state index < -0.39 is 6.10 Å². The van der Waals surface area contributed by atoms with E-state index in [1.54, 1.807) is 0 Å². The van der Waals surface area contributed by atoms with E-state index in [2.05, 4.69) is 106 Å². The molecule has 0 spiro atoms. The lowest BCUT2D eigenvalue weighted by Crippen LogP contribution is -2.30. The van der Waals surface area contributed by atoms with Gasteiger partial charge in [-0.2, -0.15) is 0 Å². The number of ether oxygens (including phenoxy) is 3. The van der Waals surface area contributed by atoms with Crippen molar-refractivity contribution in [3.63, 3.8) is 0 Å². The monoisotopic (exact) mass is 905 g/mol. The summed E-state index contributed by atoms with van der Waals surface area (Å²) in [6.45, 7) is 6.45.